The van der Waals surface area contributed by atoms with E-state index in [2.05, 4.69) is 30.4 Å². The molecule has 1 aromatic carbocycles. The van der Waals surface area contributed by atoms with Crippen LogP contribution in [0.4, 0.5) is 0 Å². The van der Waals surface area contributed by atoms with Gasteiger partial charge in [0.25, 0.3) is 0 Å². The van der Waals surface area contributed by atoms with Crippen LogP contribution < -0.4 is 5.32 Å². The first kappa shape index (κ1) is 12.6. The molecular formula is C14H21NO2. The van der Waals surface area contributed by atoms with Gasteiger partial charge >= 0.3 is 0 Å². The molecule has 0 bridgehead atoms. The highest BCUT2D eigenvalue weighted by Crippen LogP contribution is 2.36. The molecule has 1 aromatic rings. The second kappa shape index (κ2) is 5.17. The first-order valence-corrected chi connectivity index (χ1v) is 6.18. The number of hydrogen-bond donors (Lipinski definition) is 2. The molecule has 0 heterocycles. The van der Waals surface area contributed by atoms with Crippen molar-refractivity contribution < 1.29 is 9.84 Å². The summed E-state index contributed by atoms with van der Waals surface area (Å²) in [7, 11) is 1.69. The van der Waals surface area contributed by atoms with E-state index in [0.29, 0.717) is 13.2 Å². The first-order valence-electron chi connectivity index (χ1n) is 6.18. The number of fused-ring (bicyclic) bond motifs is 1. The fraction of sp³-hybridized carbons (Fsp3) is 0.571. The average molecular weight is 235 g/mol. The van der Waals surface area contributed by atoms with E-state index in [-0.39, 0.29) is 0 Å². The van der Waals surface area contributed by atoms with Gasteiger partial charge in [-0.1, -0.05) is 23.8 Å². The molecule has 0 saturated carbocycles. The van der Waals surface area contributed by atoms with Gasteiger partial charge < -0.3 is 15.2 Å². The Balaban J connectivity index is 2.05. The van der Waals surface area contributed by atoms with Crippen molar-refractivity contribution in [2.45, 2.75) is 25.4 Å². The minimum atomic E-state index is -0.699. The number of methoxy groups -OCH3 is 1. The summed E-state index contributed by atoms with van der Waals surface area (Å²) in [5, 5.41) is 13.9. The quantitative estimate of drug-likeness (QED) is 0.757. The van der Waals surface area contributed by atoms with Crippen LogP contribution in [0.2, 0.25) is 0 Å². The normalized spacial score (nSPS) is 22.8. The van der Waals surface area contributed by atoms with Gasteiger partial charge in [0.15, 0.2) is 0 Å². The Morgan fingerprint density at radius 2 is 2.29 bits per heavy atom. The Morgan fingerprint density at radius 1 is 1.47 bits per heavy atom. The molecule has 0 aliphatic heterocycles. The Labute approximate surface area is 103 Å². The zero-order valence-electron chi connectivity index (χ0n) is 10.6. The van der Waals surface area contributed by atoms with Gasteiger partial charge in [0.2, 0.25) is 0 Å². The van der Waals surface area contributed by atoms with E-state index in [0.717, 1.165) is 24.9 Å². The molecule has 0 spiro atoms. The van der Waals surface area contributed by atoms with Gasteiger partial charge in [0.05, 0.1) is 6.61 Å². The van der Waals surface area contributed by atoms with Gasteiger partial charge in [0, 0.05) is 20.2 Å². The molecule has 0 amide bonds. The fourth-order valence-electron chi connectivity index (χ4n) is 2.47. The number of benzene rings is 1. The predicted octanol–water partition coefficient (Wildman–Crippen LogP) is 1.36. The molecule has 1 atom stereocenters. The monoisotopic (exact) mass is 235 g/mol. The highest BCUT2D eigenvalue weighted by Gasteiger charge is 2.36. The van der Waals surface area contributed by atoms with Crippen LogP contribution in [-0.4, -0.2) is 31.9 Å². The van der Waals surface area contributed by atoms with E-state index >= 15 is 0 Å². The lowest BCUT2D eigenvalue weighted by Gasteiger charge is -2.24. The minimum Gasteiger partial charge on any atom is -0.384 e. The Morgan fingerprint density at radius 3 is 3.06 bits per heavy atom. The highest BCUT2D eigenvalue weighted by atomic mass is 16.5. The van der Waals surface area contributed by atoms with Gasteiger partial charge in [-0.15, -0.1) is 0 Å². The van der Waals surface area contributed by atoms with Crippen LogP contribution in [-0.2, 0) is 16.8 Å². The Hall–Kier alpha value is -0.900. The third-order valence-electron chi connectivity index (χ3n) is 3.48. The third kappa shape index (κ3) is 2.68. The van der Waals surface area contributed by atoms with Crippen molar-refractivity contribution in [1.82, 2.24) is 5.32 Å². The van der Waals surface area contributed by atoms with Gasteiger partial charge in [-0.3, -0.25) is 0 Å². The maximum Gasteiger partial charge on any atom is 0.103 e. The maximum atomic E-state index is 10.7. The molecule has 3 nitrogen and oxygen atoms in total. The van der Waals surface area contributed by atoms with E-state index < -0.39 is 5.60 Å². The second-order valence-corrected chi connectivity index (χ2v) is 4.86. The highest BCUT2D eigenvalue weighted by molar-refractivity contribution is 5.40. The molecule has 1 aliphatic rings. The average Bonchev–Trinajstić information content (AvgIpc) is 2.63. The van der Waals surface area contributed by atoms with E-state index in [4.69, 9.17) is 4.74 Å². The third-order valence-corrected chi connectivity index (χ3v) is 3.48. The smallest absolute Gasteiger partial charge is 0.103 e. The zero-order valence-corrected chi connectivity index (χ0v) is 10.6. The number of nitrogens with one attached hydrogen (secondary N) is 1. The topological polar surface area (TPSA) is 41.5 Å². The number of rotatable bonds is 5. The van der Waals surface area contributed by atoms with Crippen molar-refractivity contribution in [2.24, 2.45) is 0 Å². The second-order valence-electron chi connectivity index (χ2n) is 4.86. The van der Waals surface area contributed by atoms with Crippen LogP contribution >= 0.6 is 0 Å². The summed E-state index contributed by atoms with van der Waals surface area (Å²) in [4.78, 5) is 0. The number of aliphatic hydroxyl groups is 1. The lowest BCUT2D eigenvalue weighted by Crippen LogP contribution is -2.37. The van der Waals surface area contributed by atoms with Gasteiger partial charge in [-0.25, -0.2) is 0 Å². The van der Waals surface area contributed by atoms with Gasteiger partial charge in [-0.2, -0.15) is 0 Å². The Kier molecular flexibility index (Phi) is 3.82. The molecule has 94 valence electrons. The van der Waals surface area contributed by atoms with Crippen LogP contribution in [0.5, 0.6) is 0 Å². The molecule has 0 radical (unpaired) electrons. The molecule has 0 saturated heterocycles. The van der Waals surface area contributed by atoms with E-state index in [1.54, 1.807) is 7.11 Å². The largest absolute Gasteiger partial charge is 0.384 e. The molecule has 17 heavy (non-hydrogen) atoms. The summed E-state index contributed by atoms with van der Waals surface area (Å²) in [6.45, 7) is 4.13. The van der Waals surface area contributed by atoms with Crippen molar-refractivity contribution in [3.05, 3.63) is 34.9 Å². The first-order chi connectivity index (χ1) is 8.15. The molecule has 2 rings (SSSR count). The van der Waals surface area contributed by atoms with Crippen LogP contribution in [0.15, 0.2) is 18.2 Å². The molecule has 0 aromatic heterocycles. The van der Waals surface area contributed by atoms with Crippen molar-refractivity contribution in [2.75, 3.05) is 26.8 Å². The van der Waals surface area contributed by atoms with Crippen molar-refractivity contribution in [3.63, 3.8) is 0 Å². The van der Waals surface area contributed by atoms with E-state index in [1.807, 2.05) is 0 Å². The minimum absolute atomic E-state index is 0.604. The summed E-state index contributed by atoms with van der Waals surface area (Å²) >= 11 is 0. The van der Waals surface area contributed by atoms with Crippen molar-refractivity contribution in [3.8, 4) is 0 Å². The number of hydrogen-bond acceptors (Lipinski definition) is 3. The van der Waals surface area contributed by atoms with Crippen molar-refractivity contribution in [1.29, 1.82) is 0 Å². The molecule has 3 heteroatoms. The molecule has 1 unspecified atom stereocenters. The fourth-order valence-corrected chi connectivity index (χ4v) is 2.47. The van der Waals surface area contributed by atoms with Crippen LogP contribution in [0, 0.1) is 6.92 Å². The predicted molar refractivity (Wildman–Crippen MR) is 68.1 cm³/mol. The molecular weight excluding hydrogens is 214 g/mol. The molecule has 2 N–H and O–H groups in total. The SMILES string of the molecule is COCCNCC1(O)CCc2ccc(C)cc21. The van der Waals surface area contributed by atoms with Crippen LogP contribution in [0.3, 0.4) is 0 Å². The van der Waals surface area contributed by atoms with E-state index in [9.17, 15) is 5.11 Å². The lowest BCUT2D eigenvalue weighted by atomic mass is 9.94. The standard InChI is InChI=1S/C14H21NO2/c1-11-3-4-12-5-6-14(16,13(12)9-11)10-15-7-8-17-2/h3-4,9,15-16H,5-8,10H2,1-2H3. The molecule has 1 aliphatic carbocycles. The maximum absolute atomic E-state index is 10.7. The summed E-state index contributed by atoms with van der Waals surface area (Å²) in [5.41, 5.74) is 2.89. The Bertz CT molecular complexity index is 392. The summed E-state index contributed by atoms with van der Waals surface area (Å²) in [6.07, 6.45) is 1.78. The summed E-state index contributed by atoms with van der Waals surface area (Å²) in [5.74, 6) is 0. The van der Waals surface area contributed by atoms with Crippen LogP contribution in [0.1, 0.15) is 23.1 Å². The van der Waals surface area contributed by atoms with Crippen molar-refractivity contribution >= 4 is 0 Å². The van der Waals surface area contributed by atoms with E-state index in [1.165, 1.54) is 11.1 Å². The number of ether oxygens (including phenoxy) is 1. The summed E-state index contributed by atoms with van der Waals surface area (Å²) in [6, 6.07) is 6.36. The van der Waals surface area contributed by atoms with Gasteiger partial charge in [0.1, 0.15) is 5.60 Å². The number of aryl methyl sites for hydroxylation is 2. The zero-order chi connectivity index (χ0) is 12.3. The van der Waals surface area contributed by atoms with Gasteiger partial charge in [-0.05, 0) is 30.9 Å². The lowest BCUT2D eigenvalue weighted by molar-refractivity contribution is 0.0371. The summed E-state index contributed by atoms with van der Waals surface area (Å²) < 4.78 is 4.98. The van der Waals surface area contributed by atoms with Crippen LogP contribution in [0.25, 0.3) is 0 Å². The molecule has 0 fully saturated rings.